The molecule has 81 valence electrons. The van der Waals surface area contributed by atoms with Gasteiger partial charge in [0.15, 0.2) is 0 Å². The van der Waals surface area contributed by atoms with Gasteiger partial charge in [0.25, 0.3) is 0 Å². The molecule has 1 aromatic rings. The van der Waals surface area contributed by atoms with E-state index in [1.54, 1.807) is 5.56 Å². The highest BCUT2D eigenvalue weighted by Crippen LogP contribution is 2.37. The summed E-state index contributed by atoms with van der Waals surface area (Å²) >= 11 is 0. The van der Waals surface area contributed by atoms with E-state index in [4.69, 9.17) is 0 Å². The van der Waals surface area contributed by atoms with Crippen LogP contribution in [0.5, 0.6) is 0 Å². The molecule has 0 aliphatic heterocycles. The zero-order valence-electron chi connectivity index (χ0n) is 9.49. The van der Waals surface area contributed by atoms with Crippen LogP contribution < -0.4 is 0 Å². The highest BCUT2D eigenvalue weighted by molar-refractivity contribution is 5.19. The molecule has 1 radical (unpaired) electrons. The third kappa shape index (κ3) is 2.84. The summed E-state index contributed by atoms with van der Waals surface area (Å²) in [6.07, 6.45) is 8.04. The molecule has 15 heavy (non-hydrogen) atoms. The molecule has 0 saturated heterocycles. The lowest BCUT2D eigenvalue weighted by molar-refractivity contribution is 0.307. The van der Waals surface area contributed by atoms with Crippen molar-refractivity contribution in [1.82, 2.24) is 0 Å². The fourth-order valence-corrected chi connectivity index (χ4v) is 2.87. The van der Waals surface area contributed by atoms with Gasteiger partial charge in [-0.3, -0.25) is 0 Å². The summed E-state index contributed by atoms with van der Waals surface area (Å²) in [6.45, 7) is 3.98. The van der Waals surface area contributed by atoms with Crippen molar-refractivity contribution in [2.75, 3.05) is 0 Å². The van der Waals surface area contributed by atoms with Crippen molar-refractivity contribution in [3.05, 3.63) is 42.8 Å². The molecule has 1 aromatic carbocycles. The van der Waals surface area contributed by atoms with Crippen molar-refractivity contribution < 1.29 is 0 Å². The minimum atomic E-state index is 0.816. The first-order chi connectivity index (χ1) is 7.40. The van der Waals surface area contributed by atoms with Gasteiger partial charge in [0.2, 0.25) is 0 Å². The molecule has 0 bridgehead atoms. The Kier molecular flexibility index (Phi) is 3.82. The Morgan fingerprint density at radius 3 is 2.67 bits per heavy atom. The molecule has 0 N–H and O–H groups in total. The van der Waals surface area contributed by atoms with Gasteiger partial charge in [0, 0.05) is 0 Å². The quantitative estimate of drug-likeness (QED) is 0.671. The van der Waals surface area contributed by atoms with E-state index in [0.29, 0.717) is 0 Å². The van der Waals surface area contributed by atoms with E-state index in [-0.39, 0.29) is 0 Å². The molecule has 0 nitrogen and oxygen atoms in total. The second-order valence-electron chi connectivity index (χ2n) is 4.78. The topological polar surface area (TPSA) is 0 Å². The molecule has 2 rings (SSSR count). The standard InChI is InChI=1S/C15H21/c1-2-7-13-8-6-11-15(12-13)14-9-4-3-5-10-14/h3-5,9-10,13,15H,1-2,6-8,11-12H2. The molecule has 1 aliphatic carbocycles. The minimum Gasteiger partial charge on any atom is -0.0622 e. The van der Waals surface area contributed by atoms with Crippen LogP contribution in [0.4, 0.5) is 0 Å². The van der Waals surface area contributed by atoms with Gasteiger partial charge >= 0.3 is 0 Å². The summed E-state index contributed by atoms with van der Waals surface area (Å²) in [5.74, 6) is 1.75. The summed E-state index contributed by atoms with van der Waals surface area (Å²) in [5.41, 5.74) is 1.55. The molecule has 1 aliphatic rings. The van der Waals surface area contributed by atoms with E-state index < -0.39 is 0 Å². The molecule has 1 saturated carbocycles. The van der Waals surface area contributed by atoms with Gasteiger partial charge in [0.05, 0.1) is 0 Å². The van der Waals surface area contributed by atoms with Crippen molar-refractivity contribution in [2.45, 2.75) is 44.4 Å². The monoisotopic (exact) mass is 201 g/mol. The lowest BCUT2D eigenvalue weighted by Gasteiger charge is -2.29. The highest BCUT2D eigenvalue weighted by atomic mass is 14.3. The molecule has 0 aromatic heterocycles. The van der Waals surface area contributed by atoms with E-state index in [9.17, 15) is 0 Å². The predicted octanol–water partition coefficient (Wildman–Crippen LogP) is 4.57. The van der Waals surface area contributed by atoms with Gasteiger partial charge in [-0.15, -0.1) is 0 Å². The van der Waals surface area contributed by atoms with Crippen LogP contribution in [0.3, 0.4) is 0 Å². The SMILES string of the molecule is [CH2]CCC1CCCC(c2ccccc2)C1. The van der Waals surface area contributed by atoms with E-state index in [1.807, 2.05) is 0 Å². The molecule has 0 heterocycles. The number of rotatable bonds is 3. The van der Waals surface area contributed by atoms with Gasteiger partial charge in [-0.2, -0.15) is 0 Å². The van der Waals surface area contributed by atoms with Crippen molar-refractivity contribution in [2.24, 2.45) is 5.92 Å². The maximum Gasteiger partial charge on any atom is -0.0159 e. The fourth-order valence-electron chi connectivity index (χ4n) is 2.87. The van der Waals surface area contributed by atoms with Crippen LogP contribution in [0.15, 0.2) is 30.3 Å². The molecule has 0 amide bonds. The molecular formula is C15H21. The third-order valence-corrected chi connectivity index (χ3v) is 3.67. The first-order valence-electron chi connectivity index (χ1n) is 6.24. The minimum absolute atomic E-state index is 0.816. The van der Waals surface area contributed by atoms with Crippen molar-refractivity contribution in [3.63, 3.8) is 0 Å². The maximum absolute atomic E-state index is 3.98. The largest absolute Gasteiger partial charge is 0.0622 e. The first-order valence-corrected chi connectivity index (χ1v) is 6.24. The Hall–Kier alpha value is -0.780. The van der Waals surface area contributed by atoms with Crippen LogP contribution in [-0.4, -0.2) is 0 Å². The van der Waals surface area contributed by atoms with Crippen LogP contribution in [0.25, 0.3) is 0 Å². The average molecular weight is 201 g/mol. The van der Waals surface area contributed by atoms with E-state index in [1.165, 1.54) is 32.1 Å². The van der Waals surface area contributed by atoms with E-state index in [0.717, 1.165) is 18.3 Å². The number of benzene rings is 1. The Morgan fingerprint density at radius 1 is 1.13 bits per heavy atom. The number of hydrogen-bond donors (Lipinski definition) is 0. The zero-order chi connectivity index (χ0) is 10.5. The molecule has 2 atom stereocenters. The normalized spacial score (nSPS) is 26.5. The second kappa shape index (κ2) is 5.34. The Bertz CT molecular complexity index is 273. The van der Waals surface area contributed by atoms with Gasteiger partial charge in [-0.1, -0.05) is 62.9 Å². The van der Waals surface area contributed by atoms with Crippen LogP contribution >= 0.6 is 0 Å². The first kappa shape index (κ1) is 10.7. The molecule has 2 unspecified atom stereocenters. The smallest absolute Gasteiger partial charge is 0.0159 e. The van der Waals surface area contributed by atoms with E-state index in [2.05, 4.69) is 37.3 Å². The molecule has 1 fully saturated rings. The van der Waals surface area contributed by atoms with Crippen molar-refractivity contribution >= 4 is 0 Å². The Morgan fingerprint density at radius 2 is 1.93 bits per heavy atom. The lowest BCUT2D eigenvalue weighted by Crippen LogP contribution is -2.14. The highest BCUT2D eigenvalue weighted by Gasteiger charge is 2.22. The van der Waals surface area contributed by atoms with Crippen LogP contribution in [0.2, 0.25) is 0 Å². The maximum atomic E-state index is 3.98. The summed E-state index contributed by atoms with van der Waals surface area (Å²) in [7, 11) is 0. The summed E-state index contributed by atoms with van der Waals surface area (Å²) in [4.78, 5) is 0. The lowest BCUT2D eigenvalue weighted by atomic mass is 9.76. The van der Waals surface area contributed by atoms with Gasteiger partial charge in [0.1, 0.15) is 0 Å². The van der Waals surface area contributed by atoms with Crippen LogP contribution in [-0.2, 0) is 0 Å². The van der Waals surface area contributed by atoms with Gasteiger partial charge in [-0.25, -0.2) is 0 Å². The van der Waals surface area contributed by atoms with Crippen LogP contribution in [0, 0.1) is 12.8 Å². The summed E-state index contributed by atoms with van der Waals surface area (Å²) in [5, 5.41) is 0. The van der Waals surface area contributed by atoms with Gasteiger partial charge < -0.3 is 0 Å². The molecular weight excluding hydrogens is 180 g/mol. The second-order valence-corrected chi connectivity index (χ2v) is 4.78. The van der Waals surface area contributed by atoms with Crippen molar-refractivity contribution in [3.8, 4) is 0 Å². The molecule has 0 heteroatoms. The Balaban J connectivity index is 1.98. The summed E-state index contributed by atoms with van der Waals surface area (Å²) in [6, 6.07) is 11.0. The van der Waals surface area contributed by atoms with Gasteiger partial charge in [-0.05, 0) is 30.2 Å². The average Bonchev–Trinajstić information content (AvgIpc) is 2.31. The fraction of sp³-hybridized carbons (Fsp3) is 0.533. The number of hydrogen-bond acceptors (Lipinski definition) is 0. The summed E-state index contributed by atoms with van der Waals surface area (Å²) < 4.78 is 0. The zero-order valence-corrected chi connectivity index (χ0v) is 9.49. The van der Waals surface area contributed by atoms with Crippen LogP contribution in [0.1, 0.15) is 50.0 Å². The predicted molar refractivity (Wildman–Crippen MR) is 65.7 cm³/mol. The third-order valence-electron chi connectivity index (χ3n) is 3.67. The Labute approximate surface area is 93.7 Å². The molecule has 0 spiro atoms. The van der Waals surface area contributed by atoms with Crippen molar-refractivity contribution in [1.29, 1.82) is 0 Å². The van der Waals surface area contributed by atoms with E-state index >= 15 is 0 Å².